The van der Waals surface area contributed by atoms with Crippen LogP contribution in [0, 0.1) is 51.8 Å². The molecule has 0 unspecified atom stereocenters. The topological polar surface area (TPSA) is 206 Å². The van der Waals surface area contributed by atoms with Crippen LogP contribution in [0.4, 0.5) is 16.2 Å². The Labute approximate surface area is 396 Å². The van der Waals surface area contributed by atoms with Crippen molar-refractivity contribution in [2.45, 2.75) is 96.5 Å². The van der Waals surface area contributed by atoms with E-state index >= 15 is 0 Å². The van der Waals surface area contributed by atoms with E-state index in [4.69, 9.17) is 28.9 Å². The summed E-state index contributed by atoms with van der Waals surface area (Å²) in [4.78, 5) is 44.3. The Kier molecular flexibility index (Phi) is 16.3. The van der Waals surface area contributed by atoms with Gasteiger partial charge in [0.25, 0.3) is 11.4 Å². The minimum atomic E-state index is -1.57. The van der Waals surface area contributed by atoms with Crippen molar-refractivity contribution in [1.29, 1.82) is 0 Å². The van der Waals surface area contributed by atoms with E-state index in [1.54, 1.807) is 23.1 Å². The summed E-state index contributed by atoms with van der Waals surface area (Å²) >= 11 is 0. The van der Waals surface area contributed by atoms with Crippen molar-refractivity contribution < 1.29 is 48.6 Å². The number of carbonyl (C=O) groups is 1. The summed E-state index contributed by atoms with van der Waals surface area (Å²) in [5.74, 6) is -0.662. The number of amides is 1. The van der Waals surface area contributed by atoms with Crippen molar-refractivity contribution in [2.75, 3.05) is 26.4 Å². The Balaban J connectivity index is 1.42. The number of allylic oxidation sites excluding steroid dienone is 1. The molecule has 1 heterocycles. The fourth-order valence-electron chi connectivity index (χ4n) is 9.93. The number of rotatable bonds is 22. The molecule has 4 aromatic rings. The molecule has 360 valence electrons. The molecule has 2 aliphatic carbocycles. The Bertz CT molecular complexity index is 2490. The third-order valence-electron chi connectivity index (χ3n) is 13.2. The second kappa shape index (κ2) is 22.5. The van der Waals surface area contributed by atoms with Crippen LogP contribution in [0.1, 0.15) is 86.5 Å². The van der Waals surface area contributed by atoms with Crippen molar-refractivity contribution >= 4 is 23.2 Å². The number of hydrogen-bond donors (Lipinski definition) is 2. The zero-order chi connectivity index (χ0) is 48.4. The monoisotopic (exact) mass is 932 g/mol. The molecular weight excluding hydrogens is 873 g/mol. The van der Waals surface area contributed by atoms with Gasteiger partial charge in [0.2, 0.25) is 5.79 Å². The summed E-state index contributed by atoms with van der Waals surface area (Å²) in [6.45, 7) is 10.3. The molecule has 6 atom stereocenters. The maximum atomic E-state index is 14.7. The quantitative estimate of drug-likeness (QED) is 0.0327. The number of unbranched alkanes of at least 4 members (excludes halogenated alkanes) is 2. The van der Waals surface area contributed by atoms with Crippen molar-refractivity contribution in [1.82, 2.24) is 4.90 Å². The summed E-state index contributed by atoms with van der Waals surface area (Å²) in [6, 6.07) is 22.2. The molecule has 4 aromatic carbocycles. The average molecular weight is 933 g/mol. The number of aliphatic hydroxyl groups excluding tert-OH is 2. The highest BCUT2D eigenvalue weighted by atomic mass is 16.7. The van der Waals surface area contributed by atoms with Gasteiger partial charge in [-0.05, 0) is 135 Å². The number of nitro groups is 2. The van der Waals surface area contributed by atoms with Gasteiger partial charge in [-0.2, -0.15) is 0 Å². The molecule has 3 aliphatic rings. The van der Waals surface area contributed by atoms with E-state index in [1.807, 2.05) is 57.2 Å². The van der Waals surface area contributed by atoms with E-state index in [0.717, 1.165) is 47.9 Å². The second-order valence-electron chi connectivity index (χ2n) is 17.6. The van der Waals surface area contributed by atoms with Gasteiger partial charge < -0.3 is 34.0 Å². The number of benzene rings is 4. The highest BCUT2D eigenvalue weighted by molar-refractivity contribution is 6.03. The van der Waals surface area contributed by atoms with Gasteiger partial charge in [-0.25, -0.2) is 4.79 Å². The molecule has 1 fully saturated rings. The predicted molar refractivity (Wildman–Crippen MR) is 255 cm³/mol. The Morgan fingerprint density at radius 2 is 1.53 bits per heavy atom. The van der Waals surface area contributed by atoms with Crippen molar-refractivity contribution in [3.05, 3.63) is 152 Å². The van der Waals surface area contributed by atoms with E-state index in [1.165, 1.54) is 36.4 Å². The molecule has 1 aliphatic heterocycles. The van der Waals surface area contributed by atoms with Crippen LogP contribution in [0.25, 0.3) is 0 Å². The zero-order valence-electron chi connectivity index (χ0n) is 38.8. The first-order chi connectivity index (χ1) is 32.9. The standard InChI is InChI=1S/C52H60N4O12/c1-5-25-54(51(59)67-40-21-18-39(19-22-40)56(62)63)48-32-46(53-65-33-36-14-16-38(17-15-36)55(60)61)44-30-37(11-7-9-26-57)43(12-8-10-27-58)49-45-31-42(66-41-20-13-34(3)35(4)29-41)23-24-47(45)68-52(48,50(44)49)64-28-6-2/h6,13-24,29-31,37,43,48-50,57-58H,2,5,7-12,25-28,32-33H2,1,3-4H3/t37-,43+,48-,49+,50+,52+/m0/s1. The first-order valence-electron chi connectivity index (χ1n) is 23.3. The smallest absolute Gasteiger partial charge is 0.415 e. The van der Waals surface area contributed by atoms with Crippen molar-refractivity contribution in [3.63, 3.8) is 0 Å². The van der Waals surface area contributed by atoms with Crippen LogP contribution in [0.15, 0.2) is 114 Å². The fraction of sp³-hybridized carbons (Fsp3) is 0.423. The molecule has 2 N–H and O–H groups in total. The number of nitro benzene ring substituents is 2. The molecule has 16 heteroatoms. The normalized spacial score (nSPS) is 21.9. The second-order valence-corrected chi connectivity index (χ2v) is 17.6. The maximum absolute atomic E-state index is 14.7. The number of aryl methyl sites for hydroxylation is 2. The number of carbonyl (C=O) groups excluding carboxylic acids is 1. The average Bonchev–Trinajstić information content (AvgIpc) is 3.33. The van der Waals surface area contributed by atoms with Gasteiger partial charge >= 0.3 is 6.09 Å². The summed E-state index contributed by atoms with van der Waals surface area (Å²) in [5, 5.41) is 47.7. The van der Waals surface area contributed by atoms with E-state index in [-0.39, 0.29) is 74.3 Å². The Morgan fingerprint density at radius 3 is 2.18 bits per heavy atom. The molecule has 16 nitrogen and oxygen atoms in total. The molecule has 0 aromatic heterocycles. The lowest BCUT2D eigenvalue weighted by molar-refractivity contribution is -0.385. The number of hydrogen-bond acceptors (Lipinski definition) is 13. The Morgan fingerprint density at radius 1 is 0.882 bits per heavy atom. The first-order valence-corrected chi connectivity index (χ1v) is 23.3. The van der Waals surface area contributed by atoms with Gasteiger partial charge in [0.15, 0.2) is 0 Å². The molecule has 1 saturated carbocycles. The van der Waals surface area contributed by atoms with Gasteiger partial charge in [0, 0.05) is 61.9 Å². The van der Waals surface area contributed by atoms with Crippen LogP contribution in [0.2, 0.25) is 0 Å². The molecule has 0 radical (unpaired) electrons. The molecule has 0 bridgehead atoms. The molecule has 0 saturated heterocycles. The molecule has 1 amide bonds. The van der Waals surface area contributed by atoms with Crippen LogP contribution in [-0.2, 0) is 16.2 Å². The predicted octanol–water partition coefficient (Wildman–Crippen LogP) is 10.7. The van der Waals surface area contributed by atoms with Crippen LogP contribution in [0.3, 0.4) is 0 Å². The molecule has 0 spiro atoms. The van der Waals surface area contributed by atoms with Crippen LogP contribution >= 0.6 is 0 Å². The zero-order valence-corrected chi connectivity index (χ0v) is 38.8. The summed E-state index contributed by atoms with van der Waals surface area (Å²) in [7, 11) is 0. The molecule has 7 rings (SSSR count). The first kappa shape index (κ1) is 49.3. The van der Waals surface area contributed by atoms with E-state index in [9.17, 15) is 35.2 Å². The van der Waals surface area contributed by atoms with Crippen LogP contribution < -0.4 is 14.2 Å². The lowest BCUT2D eigenvalue weighted by atomic mass is 9.55. The molecule has 68 heavy (non-hydrogen) atoms. The minimum Gasteiger partial charge on any atom is -0.459 e. The van der Waals surface area contributed by atoms with E-state index in [0.29, 0.717) is 47.8 Å². The maximum Gasteiger partial charge on any atom is 0.415 e. The lowest BCUT2D eigenvalue weighted by Crippen LogP contribution is -2.70. The number of fused-ring (bicyclic) bond motifs is 2. The van der Waals surface area contributed by atoms with Crippen molar-refractivity contribution in [2.24, 2.45) is 22.9 Å². The summed E-state index contributed by atoms with van der Waals surface area (Å²) in [5.41, 5.74) is 4.91. The number of nitrogens with zero attached hydrogens (tertiary/aromatic N) is 4. The van der Waals surface area contributed by atoms with Crippen molar-refractivity contribution in [3.8, 4) is 23.0 Å². The van der Waals surface area contributed by atoms with E-state index < -0.39 is 33.7 Å². The number of aliphatic hydroxyl groups is 2. The number of non-ortho nitro benzene ring substituents is 2. The SMILES string of the molecule is C=CCO[C@@]12Oc3ccc(Oc4ccc(C)c(C)c4)cc3[C@H]3[C@H](CCCCO)[C@@H](CCCCO)C=C(C(=NOCc4ccc([N+](=O)[O-])cc4)C[C@@H]1N(CCC)C(=O)Oc1ccc([N+](=O)[O-])cc1)[C@H]32. The van der Waals surface area contributed by atoms with Gasteiger partial charge in [-0.1, -0.05) is 43.1 Å². The number of oxime groups is 1. The largest absolute Gasteiger partial charge is 0.459 e. The highest BCUT2D eigenvalue weighted by Gasteiger charge is 2.65. The van der Waals surface area contributed by atoms with Gasteiger partial charge in [-0.15, -0.1) is 6.58 Å². The Hall–Kier alpha value is -6.62. The third-order valence-corrected chi connectivity index (χ3v) is 13.2. The van der Waals surface area contributed by atoms with Crippen LogP contribution in [0.5, 0.6) is 23.0 Å². The molecular formula is C52H60N4O12. The summed E-state index contributed by atoms with van der Waals surface area (Å²) < 4.78 is 26.9. The summed E-state index contributed by atoms with van der Waals surface area (Å²) in [6.07, 6.45) is 7.90. The van der Waals surface area contributed by atoms with E-state index in [2.05, 4.69) is 12.7 Å². The van der Waals surface area contributed by atoms with Crippen LogP contribution in [-0.4, -0.2) is 75.0 Å². The van der Waals surface area contributed by atoms with Gasteiger partial charge in [0.1, 0.15) is 35.6 Å². The van der Waals surface area contributed by atoms with Gasteiger partial charge in [0.05, 0.1) is 28.1 Å². The minimum absolute atomic E-state index is 0.00522. The third kappa shape index (κ3) is 10.9. The lowest BCUT2D eigenvalue weighted by Gasteiger charge is -2.59. The highest BCUT2D eigenvalue weighted by Crippen LogP contribution is 2.62. The van der Waals surface area contributed by atoms with Gasteiger partial charge in [-0.3, -0.25) is 25.1 Å². The number of ether oxygens (including phenoxy) is 4. The fourth-order valence-corrected chi connectivity index (χ4v) is 9.93.